The van der Waals surface area contributed by atoms with E-state index in [9.17, 15) is 9.90 Å². The van der Waals surface area contributed by atoms with Crippen LogP contribution < -0.4 is 0 Å². The summed E-state index contributed by atoms with van der Waals surface area (Å²) < 4.78 is 6.39. The molecule has 4 nitrogen and oxygen atoms in total. The highest BCUT2D eigenvalue weighted by molar-refractivity contribution is 6.74. The molecule has 2 aromatic rings. The Morgan fingerprint density at radius 3 is 2.37 bits per heavy atom. The van der Waals surface area contributed by atoms with E-state index in [1.165, 1.54) is 0 Å². The number of hydrogen-bond donors (Lipinski definition) is 1. The Kier molecular flexibility index (Phi) is 11.4. The van der Waals surface area contributed by atoms with Gasteiger partial charge in [0.1, 0.15) is 0 Å². The van der Waals surface area contributed by atoms with E-state index >= 15 is 0 Å². The van der Waals surface area contributed by atoms with Gasteiger partial charge in [0.05, 0.1) is 23.6 Å². The molecule has 0 aliphatic carbocycles. The maximum atomic E-state index is 14.5. The summed E-state index contributed by atoms with van der Waals surface area (Å²) in [5, 5.41) is 13.1. The zero-order chi connectivity index (χ0) is 30.6. The molecule has 226 valence electrons. The summed E-state index contributed by atoms with van der Waals surface area (Å²) in [7, 11) is -1.87. The second-order valence-electron chi connectivity index (χ2n) is 13.4. The molecule has 0 bridgehead atoms. The molecule has 2 aromatic carbocycles. The number of allylic oxidation sites excluding steroid dienone is 1. The number of aliphatic hydroxyl groups excluding tert-OH is 1. The number of halogens is 2. The molecule has 1 aliphatic rings. The predicted molar refractivity (Wildman–Crippen MR) is 175 cm³/mol. The van der Waals surface area contributed by atoms with Crippen LogP contribution in [0, 0.1) is 5.41 Å². The van der Waals surface area contributed by atoms with E-state index in [1.807, 2.05) is 60.4 Å². The van der Waals surface area contributed by atoms with Gasteiger partial charge in [-0.1, -0.05) is 88.2 Å². The Labute approximate surface area is 259 Å². The Morgan fingerprint density at radius 2 is 1.80 bits per heavy atom. The van der Waals surface area contributed by atoms with E-state index in [1.54, 1.807) is 0 Å². The van der Waals surface area contributed by atoms with Crippen LogP contribution in [0.1, 0.15) is 89.8 Å². The first-order chi connectivity index (χ1) is 19.1. The van der Waals surface area contributed by atoms with Crippen LogP contribution in [-0.2, 0) is 9.22 Å². The van der Waals surface area contributed by atoms with E-state index in [0.717, 1.165) is 17.5 Å². The van der Waals surface area contributed by atoms with E-state index in [2.05, 4.69) is 53.4 Å². The van der Waals surface area contributed by atoms with Gasteiger partial charge >= 0.3 is 0 Å². The molecule has 41 heavy (non-hydrogen) atoms. The van der Waals surface area contributed by atoms with Gasteiger partial charge in [-0.2, -0.15) is 0 Å². The average molecular weight is 619 g/mol. The number of carbonyl (C=O) groups is 1. The molecule has 3 unspecified atom stereocenters. The van der Waals surface area contributed by atoms with Crippen LogP contribution in [0.5, 0.6) is 0 Å². The van der Waals surface area contributed by atoms with Gasteiger partial charge in [0.25, 0.3) is 0 Å². The normalized spacial score (nSPS) is 23.4. The average Bonchev–Trinajstić information content (AvgIpc) is 2.89. The van der Waals surface area contributed by atoms with Crippen molar-refractivity contribution >= 4 is 37.4 Å². The Balaban J connectivity index is 2.01. The lowest BCUT2D eigenvalue weighted by Gasteiger charge is -2.53. The van der Waals surface area contributed by atoms with Crippen molar-refractivity contribution in [3.63, 3.8) is 0 Å². The standard InChI is InChI=1S/C34H49Cl2NO3Si/c1-9-20-34(6)23-28(25-13-11-14-27(36)22-25)31(24-16-18-26(35)19-17-24)37(32(34)39)29(10-2)30(38)15-12-21-40-41(7,8)33(3,4)5/h9,11,13-14,16-19,22,28-31,38H,1,10,12,15,20-21,23H2,2-8H3/t28?,29?,30?,31-,34+/m1/s1. The van der Waals surface area contributed by atoms with Crippen LogP contribution >= 0.6 is 23.2 Å². The molecule has 0 saturated carbocycles. The van der Waals surface area contributed by atoms with Crippen LogP contribution in [0.2, 0.25) is 28.2 Å². The number of carbonyl (C=O) groups excluding carboxylic acids is 1. The monoisotopic (exact) mass is 617 g/mol. The number of hydrogen-bond acceptors (Lipinski definition) is 3. The molecule has 1 aliphatic heterocycles. The highest BCUT2D eigenvalue weighted by atomic mass is 35.5. The van der Waals surface area contributed by atoms with E-state index < -0.39 is 19.8 Å². The quantitative estimate of drug-likeness (QED) is 0.146. The van der Waals surface area contributed by atoms with Crippen molar-refractivity contribution in [2.45, 2.75) is 109 Å². The van der Waals surface area contributed by atoms with E-state index in [-0.39, 0.29) is 28.9 Å². The van der Waals surface area contributed by atoms with Crippen LogP contribution in [0.15, 0.2) is 61.2 Å². The van der Waals surface area contributed by atoms with Crippen LogP contribution in [0.25, 0.3) is 0 Å². The topological polar surface area (TPSA) is 49.8 Å². The number of benzene rings is 2. The number of nitrogens with zero attached hydrogens (tertiary/aromatic N) is 1. The summed E-state index contributed by atoms with van der Waals surface area (Å²) in [6.07, 6.45) is 4.28. The first kappa shape index (κ1) is 33.9. The summed E-state index contributed by atoms with van der Waals surface area (Å²) in [4.78, 5) is 16.5. The maximum absolute atomic E-state index is 14.5. The van der Waals surface area contributed by atoms with E-state index in [0.29, 0.717) is 42.3 Å². The van der Waals surface area contributed by atoms with Gasteiger partial charge < -0.3 is 14.4 Å². The number of aliphatic hydroxyl groups is 1. The summed E-state index contributed by atoms with van der Waals surface area (Å²) in [6, 6.07) is 15.1. The van der Waals surface area contributed by atoms with Crippen molar-refractivity contribution in [1.29, 1.82) is 0 Å². The predicted octanol–water partition coefficient (Wildman–Crippen LogP) is 9.57. The minimum absolute atomic E-state index is 0.0271. The SMILES string of the molecule is C=CC[C@@]1(C)CC(c2cccc(Cl)c2)[C@@H](c2ccc(Cl)cc2)N(C(CC)C(O)CCCO[Si](C)(C)C(C)(C)C)C1=O. The fourth-order valence-corrected chi connectivity index (χ4v) is 7.35. The minimum atomic E-state index is -1.87. The fourth-order valence-electron chi connectivity index (χ4n) is 5.94. The second-order valence-corrected chi connectivity index (χ2v) is 19.1. The Morgan fingerprint density at radius 1 is 1.15 bits per heavy atom. The van der Waals surface area contributed by atoms with Gasteiger partial charge in [-0.3, -0.25) is 4.79 Å². The lowest BCUT2D eigenvalue weighted by atomic mass is 9.66. The third-order valence-corrected chi connectivity index (χ3v) is 14.3. The van der Waals surface area contributed by atoms with Gasteiger partial charge in [-0.15, -0.1) is 6.58 Å². The fraction of sp³-hybridized carbons (Fsp3) is 0.559. The largest absolute Gasteiger partial charge is 0.417 e. The number of amides is 1. The third-order valence-electron chi connectivity index (χ3n) is 9.32. The van der Waals surface area contributed by atoms with Crippen molar-refractivity contribution in [1.82, 2.24) is 4.90 Å². The van der Waals surface area contributed by atoms with Crippen molar-refractivity contribution in [3.8, 4) is 0 Å². The number of piperidine rings is 1. The molecular formula is C34H49Cl2NO3Si. The highest BCUT2D eigenvalue weighted by Gasteiger charge is 2.51. The summed E-state index contributed by atoms with van der Waals surface area (Å²) in [5.74, 6) is 0.0275. The van der Waals surface area contributed by atoms with Crippen molar-refractivity contribution in [3.05, 3.63) is 82.4 Å². The second kappa shape index (κ2) is 13.8. The third kappa shape index (κ3) is 7.86. The molecule has 5 atom stereocenters. The summed E-state index contributed by atoms with van der Waals surface area (Å²) >= 11 is 12.8. The van der Waals surface area contributed by atoms with Gasteiger partial charge in [-0.05, 0) is 85.6 Å². The zero-order valence-corrected chi connectivity index (χ0v) is 28.4. The number of likely N-dealkylation sites (tertiary alicyclic amines) is 1. The van der Waals surface area contributed by atoms with Crippen molar-refractivity contribution in [2.24, 2.45) is 5.41 Å². The first-order valence-electron chi connectivity index (χ1n) is 14.9. The smallest absolute Gasteiger partial charge is 0.229 e. The Hall–Kier alpha value is -1.63. The molecule has 1 N–H and O–H groups in total. The van der Waals surface area contributed by atoms with Gasteiger partial charge in [0.2, 0.25) is 5.91 Å². The van der Waals surface area contributed by atoms with Crippen LogP contribution in [-0.4, -0.2) is 43.0 Å². The molecule has 7 heteroatoms. The molecule has 0 aromatic heterocycles. The molecule has 1 heterocycles. The molecular weight excluding hydrogens is 569 g/mol. The summed E-state index contributed by atoms with van der Waals surface area (Å²) in [5.41, 5.74) is 1.42. The molecule has 0 spiro atoms. The van der Waals surface area contributed by atoms with Crippen LogP contribution in [0.3, 0.4) is 0 Å². The lowest BCUT2D eigenvalue weighted by molar-refractivity contribution is -0.158. The molecule has 0 radical (unpaired) electrons. The molecule has 1 amide bonds. The molecule has 1 saturated heterocycles. The first-order valence-corrected chi connectivity index (χ1v) is 18.6. The Bertz CT molecular complexity index is 1180. The molecule has 1 fully saturated rings. The van der Waals surface area contributed by atoms with Crippen LogP contribution in [0.4, 0.5) is 0 Å². The zero-order valence-electron chi connectivity index (χ0n) is 25.9. The van der Waals surface area contributed by atoms with Gasteiger partial charge in [0, 0.05) is 22.6 Å². The van der Waals surface area contributed by atoms with Gasteiger partial charge in [0.15, 0.2) is 8.32 Å². The number of rotatable bonds is 12. The van der Waals surface area contributed by atoms with Crippen molar-refractivity contribution < 1.29 is 14.3 Å². The lowest BCUT2D eigenvalue weighted by Crippen LogP contribution is -2.58. The molecule has 3 rings (SSSR count). The summed E-state index contributed by atoms with van der Waals surface area (Å²) in [6.45, 7) is 19.9. The van der Waals surface area contributed by atoms with E-state index in [4.69, 9.17) is 27.6 Å². The highest BCUT2D eigenvalue weighted by Crippen LogP contribution is 2.52. The van der Waals surface area contributed by atoms with Gasteiger partial charge in [-0.25, -0.2) is 0 Å². The minimum Gasteiger partial charge on any atom is -0.417 e. The maximum Gasteiger partial charge on any atom is 0.229 e. The van der Waals surface area contributed by atoms with Crippen molar-refractivity contribution in [2.75, 3.05) is 6.61 Å².